The fourth-order valence-electron chi connectivity index (χ4n) is 2.46. The van der Waals surface area contributed by atoms with E-state index in [2.05, 4.69) is 62.4 Å². The number of nitrogens with two attached hydrogens (primary N) is 1. The average Bonchev–Trinajstić information content (AvgIpc) is 2.97. The summed E-state index contributed by atoms with van der Waals surface area (Å²) in [5.41, 5.74) is 8.40. The fraction of sp³-hybridized carbons (Fsp3) is 0.0625. The van der Waals surface area contributed by atoms with Gasteiger partial charge in [0.2, 0.25) is 0 Å². The Bertz CT molecular complexity index is 958. The molecule has 108 valence electrons. The zero-order valence-electron chi connectivity index (χ0n) is 11.7. The third kappa shape index (κ3) is 2.27. The number of anilines is 1. The van der Waals surface area contributed by atoms with Crippen LogP contribution in [0.3, 0.4) is 0 Å². The number of aromatic nitrogens is 4. The van der Waals surface area contributed by atoms with Crippen LogP contribution >= 0.6 is 11.8 Å². The summed E-state index contributed by atoms with van der Waals surface area (Å²) in [6.45, 7) is 0. The Balaban J connectivity index is 1.64. The number of nitrogens with one attached hydrogen (secondary N) is 1. The predicted octanol–water partition coefficient (Wildman–Crippen LogP) is 3.38. The van der Waals surface area contributed by atoms with Crippen molar-refractivity contribution in [3.63, 3.8) is 0 Å². The summed E-state index contributed by atoms with van der Waals surface area (Å²) in [5.74, 6) is 1.25. The van der Waals surface area contributed by atoms with Gasteiger partial charge in [-0.2, -0.15) is 0 Å². The Morgan fingerprint density at radius 3 is 2.82 bits per heavy atom. The molecule has 0 bridgehead atoms. The van der Waals surface area contributed by atoms with Crippen LogP contribution in [0.25, 0.3) is 21.9 Å². The number of aromatic amines is 1. The highest BCUT2D eigenvalue weighted by molar-refractivity contribution is 7.98. The van der Waals surface area contributed by atoms with Crippen LogP contribution in [0.2, 0.25) is 0 Å². The fourth-order valence-corrected chi connectivity index (χ4v) is 3.33. The molecule has 2 aromatic carbocycles. The molecule has 0 saturated carbocycles. The van der Waals surface area contributed by atoms with Crippen molar-refractivity contribution in [2.75, 3.05) is 5.73 Å². The molecule has 5 nitrogen and oxygen atoms in total. The monoisotopic (exact) mass is 307 g/mol. The Kier molecular flexibility index (Phi) is 3.16. The first-order chi connectivity index (χ1) is 10.8. The number of hydrogen-bond donors (Lipinski definition) is 2. The first kappa shape index (κ1) is 13.1. The van der Waals surface area contributed by atoms with Gasteiger partial charge in [0.15, 0.2) is 16.6 Å². The first-order valence-corrected chi connectivity index (χ1v) is 7.85. The maximum absolute atomic E-state index is 5.82. The van der Waals surface area contributed by atoms with E-state index in [1.807, 2.05) is 0 Å². The van der Waals surface area contributed by atoms with E-state index in [1.54, 1.807) is 11.8 Å². The summed E-state index contributed by atoms with van der Waals surface area (Å²) in [4.78, 5) is 15.7. The van der Waals surface area contributed by atoms with E-state index >= 15 is 0 Å². The number of rotatable bonds is 3. The van der Waals surface area contributed by atoms with Gasteiger partial charge in [0.1, 0.15) is 11.8 Å². The van der Waals surface area contributed by atoms with Gasteiger partial charge in [-0.15, -0.1) is 0 Å². The molecule has 4 rings (SSSR count). The van der Waals surface area contributed by atoms with Gasteiger partial charge in [-0.05, 0) is 16.3 Å². The maximum atomic E-state index is 5.82. The van der Waals surface area contributed by atoms with Gasteiger partial charge < -0.3 is 10.7 Å². The number of thioether (sulfide) groups is 1. The van der Waals surface area contributed by atoms with Crippen molar-refractivity contribution in [1.82, 2.24) is 19.9 Å². The molecule has 2 aromatic heterocycles. The van der Waals surface area contributed by atoms with Crippen LogP contribution in [-0.4, -0.2) is 19.9 Å². The van der Waals surface area contributed by atoms with E-state index < -0.39 is 0 Å². The van der Waals surface area contributed by atoms with E-state index in [0.717, 1.165) is 10.9 Å². The lowest BCUT2D eigenvalue weighted by Crippen LogP contribution is -1.91. The second-order valence-corrected chi connectivity index (χ2v) is 5.89. The summed E-state index contributed by atoms with van der Waals surface area (Å²) >= 11 is 1.63. The Labute approximate surface area is 131 Å². The summed E-state index contributed by atoms with van der Waals surface area (Å²) in [7, 11) is 0. The number of nitrogens with zero attached hydrogens (tertiary/aromatic N) is 3. The molecule has 22 heavy (non-hydrogen) atoms. The van der Waals surface area contributed by atoms with Crippen molar-refractivity contribution in [1.29, 1.82) is 0 Å². The van der Waals surface area contributed by atoms with Crippen molar-refractivity contribution in [2.45, 2.75) is 10.9 Å². The summed E-state index contributed by atoms with van der Waals surface area (Å²) in [6.07, 6.45) is 1.43. The second kappa shape index (κ2) is 5.31. The largest absolute Gasteiger partial charge is 0.382 e. The molecule has 0 unspecified atom stereocenters. The number of nitrogen functional groups attached to an aromatic ring is 1. The van der Waals surface area contributed by atoms with Crippen LogP contribution in [0.5, 0.6) is 0 Å². The molecule has 0 radical (unpaired) electrons. The third-order valence-electron chi connectivity index (χ3n) is 3.54. The van der Waals surface area contributed by atoms with Gasteiger partial charge in [0.05, 0.1) is 0 Å². The van der Waals surface area contributed by atoms with Gasteiger partial charge in [-0.3, -0.25) is 0 Å². The Morgan fingerprint density at radius 1 is 1.05 bits per heavy atom. The van der Waals surface area contributed by atoms with Crippen LogP contribution in [0.15, 0.2) is 53.9 Å². The van der Waals surface area contributed by atoms with Crippen LogP contribution in [0.1, 0.15) is 5.56 Å². The van der Waals surface area contributed by atoms with E-state index in [1.165, 1.54) is 22.7 Å². The number of benzene rings is 2. The lowest BCUT2D eigenvalue weighted by atomic mass is 10.1. The molecule has 0 fully saturated rings. The Hall–Kier alpha value is -2.60. The number of hydrogen-bond acceptors (Lipinski definition) is 5. The molecule has 0 aliphatic heterocycles. The van der Waals surface area contributed by atoms with E-state index in [0.29, 0.717) is 17.0 Å². The number of fused-ring (bicyclic) bond motifs is 2. The highest BCUT2D eigenvalue weighted by Gasteiger charge is 2.08. The molecule has 0 amide bonds. The molecule has 4 aromatic rings. The van der Waals surface area contributed by atoms with Gasteiger partial charge in [0, 0.05) is 5.75 Å². The minimum Gasteiger partial charge on any atom is -0.382 e. The Morgan fingerprint density at radius 2 is 1.91 bits per heavy atom. The third-order valence-corrected chi connectivity index (χ3v) is 4.46. The van der Waals surface area contributed by atoms with Gasteiger partial charge in [-0.1, -0.05) is 54.2 Å². The minimum atomic E-state index is 0.425. The number of imidazole rings is 1. The van der Waals surface area contributed by atoms with Gasteiger partial charge >= 0.3 is 0 Å². The highest BCUT2D eigenvalue weighted by Crippen LogP contribution is 2.27. The van der Waals surface area contributed by atoms with Crippen molar-refractivity contribution >= 4 is 39.5 Å². The zero-order chi connectivity index (χ0) is 14.9. The normalized spacial score (nSPS) is 11.3. The van der Waals surface area contributed by atoms with Crippen LogP contribution < -0.4 is 5.73 Å². The lowest BCUT2D eigenvalue weighted by molar-refractivity contribution is 1.07. The zero-order valence-corrected chi connectivity index (χ0v) is 12.5. The SMILES string of the molecule is Nc1ncnc2nc(SCc3cccc4ccccc34)[nH]c12. The van der Waals surface area contributed by atoms with Crippen molar-refractivity contribution in [2.24, 2.45) is 0 Å². The molecule has 0 atom stereocenters. The van der Waals surface area contributed by atoms with Crippen LogP contribution in [0.4, 0.5) is 5.82 Å². The average molecular weight is 307 g/mol. The molecule has 0 aliphatic carbocycles. The maximum Gasteiger partial charge on any atom is 0.183 e. The highest BCUT2D eigenvalue weighted by atomic mass is 32.2. The molecular weight excluding hydrogens is 294 g/mol. The van der Waals surface area contributed by atoms with Crippen molar-refractivity contribution < 1.29 is 0 Å². The molecular formula is C16H13N5S. The smallest absolute Gasteiger partial charge is 0.183 e. The minimum absolute atomic E-state index is 0.425. The predicted molar refractivity (Wildman–Crippen MR) is 89.6 cm³/mol. The molecule has 0 spiro atoms. The topological polar surface area (TPSA) is 80.5 Å². The molecule has 2 heterocycles. The van der Waals surface area contributed by atoms with E-state index in [-0.39, 0.29) is 0 Å². The summed E-state index contributed by atoms with van der Waals surface area (Å²) in [5, 5.41) is 3.32. The molecule has 6 heteroatoms. The van der Waals surface area contributed by atoms with Crippen molar-refractivity contribution in [3.8, 4) is 0 Å². The molecule has 3 N–H and O–H groups in total. The van der Waals surface area contributed by atoms with Gasteiger partial charge in [-0.25, -0.2) is 15.0 Å². The quantitative estimate of drug-likeness (QED) is 0.567. The summed E-state index contributed by atoms with van der Waals surface area (Å²) in [6, 6.07) is 14.7. The first-order valence-electron chi connectivity index (χ1n) is 6.87. The standard InChI is InChI=1S/C16H13N5S/c17-14-13-15(19-9-18-14)21-16(20-13)22-8-11-6-3-5-10-4-1-2-7-12(10)11/h1-7,9H,8H2,(H3,17,18,19,20,21). The second-order valence-electron chi connectivity index (χ2n) is 4.93. The summed E-state index contributed by atoms with van der Waals surface area (Å²) < 4.78 is 0. The lowest BCUT2D eigenvalue weighted by Gasteiger charge is -2.04. The van der Waals surface area contributed by atoms with Crippen molar-refractivity contribution in [3.05, 3.63) is 54.4 Å². The molecule has 0 saturated heterocycles. The van der Waals surface area contributed by atoms with E-state index in [9.17, 15) is 0 Å². The molecule has 0 aliphatic rings. The number of H-pyrrole nitrogens is 1. The van der Waals surface area contributed by atoms with Gasteiger partial charge in [0.25, 0.3) is 0 Å². The van der Waals surface area contributed by atoms with Crippen LogP contribution in [0, 0.1) is 0 Å². The van der Waals surface area contributed by atoms with E-state index in [4.69, 9.17) is 5.73 Å². The van der Waals surface area contributed by atoms with Crippen LogP contribution in [-0.2, 0) is 5.75 Å².